The Bertz CT molecular complexity index is 1030. The van der Waals surface area contributed by atoms with E-state index < -0.39 is 0 Å². The van der Waals surface area contributed by atoms with Gasteiger partial charge in [-0.05, 0) is 59.4 Å². The number of hydrogen-bond acceptors (Lipinski definition) is 2. The number of rotatable bonds is 5. The van der Waals surface area contributed by atoms with Crippen LogP contribution in [0.1, 0.15) is 59.5 Å². The predicted octanol–water partition coefficient (Wildman–Crippen LogP) is 6.05. The molecule has 0 aliphatic carbocycles. The Morgan fingerprint density at radius 1 is 0.767 bits per heavy atom. The lowest BCUT2D eigenvalue weighted by molar-refractivity contribution is 0.102. The molecule has 30 heavy (non-hydrogen) atoms. The fourth-order valence-corrected chi connectivity index (χ4v) is 3.13. The summed E-state index contributed by atoms with van der Waals surface area (Å²) in [5.74, 6) is -0.513. The van der Waals surface area contributed by atoms with E-state index in [1.807, 2.05) is 48.5 Å². The molecule has 0 spiro atoms. The van der Waals surface area contributed by atoms with Gasteiger partial charge in [0.15, 0.2) is 0 Å². The molecule has 4 nitrogen and oxygen atoms in total. The van der Waals surface area contributed by atoms with E-state index in [0.717, 1.165) is 17.7 Å². The summed E-state index contributed by atoms with van der Waals surface area (Å²) in [6.45, 7) is 8.48. The molecule has 0 aliphatic rings. The van der Waals surface area contributed by atoms with Crippen molar-refractivity contribution in [3.63, 3.8) is 0 Å². The summed E-state index contributed by atoms with van der Waals surface area (Å²) in [6, 6.07) is 22.3. The van der Waals surface area contributed by atoms with Crippen molar-refractivity contribution in [2.75, 3.05) is 10.6 Å². The quantitative estimate of drug-likeness (QED) is 0.548. The zero-order valence-corrected chi connectivity index (χ0v) is 18.0. The molecule has 0 unspecified atom stereocenters. The van der Waals surface area contributed by atoms with Gasteiger partial charge >= 0.3 is 0 Å². The summed E-state index contributed by atoms with van der Waals surface area (Å²) in [5, 5.41) is 5.77. The smallest absolute Gasteiger partial charge is 0.257 e. The molecule has 0 bridgehead atoms. The van der Waals surface area contributed by atoms with Crippen molar-refractivity contribution in [2.24, 2.45) is 0 Å². The van der Waals surface area contributed by atoms with Crippen molar-refractivity contribution >= 4 is 23.2 Å². The van der Waals surface area contributed by atoms with E-state index >= 15 is 0 Å². The number of anilines is 2. The van der Waals surface area contributed by atoms with Crippen molar-refractivity contribution in [3.8, 4) is 0 Å². The Morgan fingerprint density at radius 3 is 2.00 bits per heavy atom. The predicted molar refractivity (Wildman–Crippen MR) is 123 cm³/mol. The maximum atomic E-state index is 12.8. The Balaban J connectivity index is 1.75. The van der Waals surface area contributed by atoms with E-state index in [1.165, 1.54) is 5.56 Å². The first-order valence-electron chi connectivity index (χ1n) is 10.2. The normalized spacial score (nSPS) is 11.1. The lowest BCUT2D eigenvalue weighted by Gasteiger charge is -2.19. The van der Waals surface area contributed by atoms with Crippen molar-refractivity contribution in [3.05, 3.63) is 95.1 Å². The molecule has 0 saturated carbocycles. The van der Waals surface area contributed by atoms with Crippen LogP contribution in [0.4, 0.5) is 11.4 Å². The molecular weight excluding hydrogens is 372 g/mol. The van der Waals surface area contributed by atoms with Gasteiger partial charge in [0.25, 0.3) is 11.8 Å². The SMILES string of the molecule is CCc1ccc(NC(=O)c2ccccc2NC(=O)c2ccc(C(C)(C)C)cc2)cc1. The highest BCUT2D eigenvalue weighted by Crippen LogP contribution is 2.23. The highest BCUT2D eigenvalue weighted by atomic mass is 16.2. The van der Waals surface area contributed by atoms with Gasteiger partial charge < -0.3 is 10.6 Å². The monoisotopic (exact) mass is 400 g/mol. The molecule has 0 atom stereocenters. The van der Waals surface area contributed by atoms with Crippen LogP contribution in [0.5, 0.6) is 0 Å². The van der Waals surface area contributed by atoms with Crippen molar-refractivity contribution < 1.29 is 9.59 Å². The molecule has 0 heterocycles. The topological polar surface area (TPSA) is 58.2 Å². The molecule has 2 amide bonds. The summed E-state index contributed by atoms with van der Waals surface area (Å²) in [5.41, 5.74) is 4.55. The summed E-state index contributed by atoms with van der Waals surface area (Å²) in [7, 11) is 0. The average molecular weight is 401 g/mol. The zero-order chi connectivity index (χ0) is 21.7. The number of para-hydroxylation sites is 1. The maximum Gasteiger partial charge on any atom is 0.257 e. The molecule has 3 aromatic carbocycles. The molecule has 3 aromatic rings. The van der Waals surface area contributed by atoms with Gasteiger partial charge in [-0.25, -0.2) is 0 Å². The van der Waals surface area contributed by atoms with E-state index in [4.69, 9.17) is 0 Å². The minimum absolute atomic E-state index is 0.0228. The van der Waals surface area contributed by atoms with Gasteiger partial charge in [0.1, 0.15) is 0 Å². The van der Waals surface area contributed by atoms with E-state index in [1.54, 1.807) is 24.3 Å². The van der Waals surface area contributed by atoms with Crippen molar-refractivity contribution in [1.82, 2.24) is 0 Å². The van der Waals surface area contributed by atoms with E-state index in [0.29, 0.717) is 16.8 Å². The second-order valence-electron chi connectivity index (χ2n) is 8.33. The van der Waals surface area contributed by atoms with Crippen LogP contribution < -0.4 is 10.6 Å². The van der Waals surface area contributed by atoms with Crippen LogP contribution in [0.25, 0.3) is 0 Å². The minimum Gasteiger partial charge on any atom is -0.322 e. The third kappa shape index (κ3) is 5.15. The number of nitrogens with one attached hydrogen (secondary N) is 2. The van der Waals surface area contributed by atoms with E-state index in [9.17, 15) is 9.59 Å². The Hall–Kier alpha value is -3.40. The number of carbonyl (C=O) groups is 2. The van der Waals surface area contributed by atoms with E-state index in [2.05, 4.69) is 38.3 Å². The summed E-state index contributed by atoms with van der Waals surface area (Å²) >= 11 is 0. The minimum atomic E-state index is -0.266. The van der Waals surface area contributed by atoms with Crippen LogP contribution in [0, 0.1) is 0 Å². The van der Waals surface area contributed by atoms with Crippen LogP contribution >= 0.6 is 0 Å². The molecule has 154 valence electrons. The molecule has 2 N–H and O–H groups in total. The highest BCUT2D eigenvalue weighted by Gasteiger charge is 2.16. The molecule has 0 radical (unpaired) electrons. The molecule has 0 aliphatic heterocycles. The van der Waals surface area contributed by atoms with Crippen molar-refractivity contribution in [1.29, 1.82) is 0 Å². The molecule has 0 saturated heterocycles. The molecular formula is C26H28N2O2. The third-order valence-electron chi connectivity index (χ3n) is 5.05. The Kier molecular flexibility index (Phi) is 6.36. The maximum absolute atomic E-state index is 12.8. The first-order valence-corrected chi connectivity index (χ1v) is 10.2. The number of aryl methyl sites for hydroxylation is 1. The number of amides is 2. The molecule has 0 fully saturated rings. The Morgan fingerprint density at radius 2 is 1.40 bits per heavy atom. The number of benzene rings is 3. The second kappa shape index (κ2) is 8.95. The van der Waals surface area contributed by atoms with Crippen LogP contribution in [0.15, 0.2) is 72.8 Å². The van der Waals surface area contributed by atoms with Gasteiger partial charge in [0.05, 0.1) is 11.3 Å². The molecule has 0 aromatic heterocycles. The highest BCUT2D eigenvalue weighted by molar-refractivity contribution is 6.12. The Labute approximate surface area is 178 Å². The van der Waals surface area contributed by atoms with Gasteiger partial charge in [-0.2, -0.15) is 0 Å². The van der Waals surface area contributed by atoms with Gasteiger partial charge in [0, 0.05) is 11.3 Å². The van der Waals surface area contributed by atoms with Crippen LogP contribution in [0.3, 0.4) is 0 Å². The fourth-order valence-electron chi connectivity index (χ4n) is 3.13. The lowest BCUT2D eigenvalue weighted by Crippen LogP contribution is -2.18. The molecule has 4 heteroatoms. The zero-order valence-electron chi connectivity index (χ0n) is 18.0. The summed E-state index contributed by atoms with van der Waals surface area (Å²) in [4.78, 5) is 25.5. The van der Waals surface area contributed by atoms with Gasteiger partial charge in [-0.3, -0.25) is 9.59 Å². The van der Waals surface area contributed by atoms with Crippen LogP contribution in [-0.4, -0.2) is 11.8 Å². The first kappa shape index (κ1) is 21.3. The van der Waals surface area contributed by atoms with Crippen LogP contribution in [0.2, 0.25) is 0 Å². The van der Waals surface area contributed by atoms with Crippen molar-refractivity contribution in [2.45, 2.75) is 39.5 Å². The van der Waals surface area contributed by atoms with Crippen LogP contribution in [-0.2, 0) is 11.8 Å². The average Bonchev–Trinajstić information content (AvgIpc) is 2.74. The lowest BCUT2D eigenvalue weighted by atomic mass is 9.86. The van der Waals surface area contributed by atoms with Gasteiger partial charge in [0.2, 0.25) is 0 Å². The summed E-state index contributed by atoms with van der Waals surface area (Å²) < 4.78 is 0. The standard InChI is InChI=1S/C26H28N2O2/c1-5-18-10-16-21(17-11-18)27-25(30)22-8-6-7-9-23(22)28-24(29)19-12-14-20(15-13-19)26(2,3)4/h6-17H,5H2,1-4H3,(H,27,30)(H,28,29). The molecule has 3 rings (SSSR count). The first-order chi connectivity index (χ1) is 14.3. The number of hydrogen-bond donors (Lipinski definition) is 2. The summed E-state index contributed by atoms with van der Waals surface area (Å²) in [6.07, 6.45) is 0.944. The van der Waals surface area contributed by atoms with Gasteiger partial charge in [-0.1, -0.05) is 64.1 Å². The second-order valence-corrected chi connectivity index (χ2v) is 8.33. The van der Waals surface area contributed by atoms with E-state index in [-0.39, 0.29) is 17.2 Å². The third-order valence-corrected chi connectivity index (χ3v) is 5.05. The largest absolute Gasteiger partial charge is 0.322 e. The van der Waals surface area contributed by atoms with Gasteiger partial charge in [-0.15, -0.1) is 0 Å². The number of carbonyl (C=O) groups excluding carboxylic acids is 2. The fraction of sp³-hybridized carbons (Fsp3) is 0.231.